The Bertz CT molecular complexity index is 1160. The van der Waals surface area contributed by atoms with E-state index in [9.17, 15) is 9.18 Å². The van der Waals surface area contributed by atoms with Gasteiger partial charge in [0.1, 0.15) is 11.6 Å². The predicted molar refractivity (Wildman–Crippen MR) is 112 cm³/mol. The summed E-state index contributed by atoms with van der Waals surface area (Å²) in [7, 11) is 1.59. The third-order valence-corrected chi connectivity index (χ3v) is 5.77. The van der Waals surface area contributed by atoms with Crippen LogP contribution in [0.4, 0.5) is 4.39 Å². The van der Waals surface area contributed by atoms with Gasteiger partial charge in [-0.05, 0) is 56.1 Å². The van der Waals surface area contributed by atoms with E-state index in [1.807, 2.05) is 6.07 Å². The molecule has 0 atom stereocenters. The Morgan fingerprint density at radius 3 is 2.73 bits per heavy atom. The molecule has 2 aromatic carbocycles. The molecule has 1 saturated heterocycles. The van der Waals surface area contributed by atoms with Gasteiger partial charge in [0.05, 0.1) is 36.0 Å². The van der Waals surface area contributed by atoms with Crippen molar-refractivity contribution < 1.29 is 9.13 Å². The lowest BCUT2D eigenvalue weighted by molar-refractivity contribution is 0.165. The number of likely N-dealkylation sites (tertiary alicyclic amines) is 1. The van der Waals surface area contributed by atoms with E-state index in [0.29, 0.717) is 46.8 Å². The number of nitrogens with zero attached hydrogens (tertiary/aromatic N) is 4. The standard InChI is InChI=1S/C23H23FN4O2/c1-30-19-4-5-20-22(11-19)26-15-28(23(20)29)13-16-6-8-27(9-7-16)14-18-3-2-17(12-25)10-21(18)24/h2-5,10-11,15-16H,6-9,13-14H2,1H3. The topological polar surface area (TPSA) is 71.2 Å². The van der Waals surface area contributed by atoms with Gasteiger partial charge in [0.2, 0.25) is 0 Å². The van der Waals surface area contributed by atoms with Crippen LogP contribution in [0.5, 0.6) is 5.75 Å². The van der Waals surface area contributed by atoms with Gasteiger partial charge in [-0.3, -0.25) is 14.3 Å². The molecule has 3 aromatic rings. The number of rotatable bonds is 5. The maximum absolute atomic E-state index is 14.1. The molecule has 1 aliphatic heterocycles. The van der Waals surface area contributed by atoms with Gasteiger partial charge in [0.15, 0.2) is 0 Å². The Balaban J connectivity index is 1.38. The fourth-order valence-corrected chi connectivity index (χ4v) is 3.99. The van der Waals surface area contributed by atoms with Crippen LogP contribution in [0.15, 0.2) is 47.5 Å². The molecule has 30 heavy (non-hydrogen) atoms. The second-order valence-corrected chi connectivity index (χ2v) is 7.72. The molecule has 6 nitrogen and oxygen atoms in total. The van der Waals surface area contributed by atoms with E-state index in [0.717, 1.165) is 25.9 Å². The molecule has 0 bridgehead atoms. The fourth-order valence-electron chi connectivity index (χ4n) is 3.99. The lowest BCUT2D eigenvalue weighted by Crippen LogP contribution is -2.36. The number of fused-ring (bicyclic) bond motifs is 1. The van der Waals surface area contributed by atoms with Gasteiger partial charge in [-0.1, -0.05) is 6.07 Å². The molecule has 0 saturated carbocycles. The van der Waals surface area contributed by atoms with E-state index in [1.54, 1.807) is 48.3 Å². The highest BCUT2D eigenvalue weighted by Crippen LogP contribution is 2.22. The molecule has 2 heterocycles. The second kappa shape index (κ2) is 8.64. The summed E-state index contributed by atoms with van der Waals surface area (Å²) in [5.41, 5.74) is 1.54. The van der Waals surface area contributed by atoms with Crippen LogP contribution < -0.4 is 10.3 Å². The van der Waals surface area contributed by atoms with Crippen molar-refractivity contribution >= 4 is 10.9 Å². The maximum atomic E-state index is 14.1. The van der Waals surface area contributed by atoms with E-state index in [2.05, 4.69) is 9.88 Å². The molecule has 0 spiro atoms. The van der Waals surface area contributed by atoms with Crippen molar-refractivity contribution in [1.29, 1.82) is 5.26 Å². The van der Waals surface area contributed by atoms with Crippen LogP contribution in [0.1, 0.15) is 24.0 Å². The van der Waals surface area contributed by atoms with E-state index in [4.69, 9.17) is 10.00 Å². The Labute approximate surface area is 174 Å². The minimum absolute atomic E-state index is 0.0373. The Morgan fingerprint density at radius 2 is 2.03 bits per heavy atom. The number of ether oxygens (including phenoxy) is 1. The normalized spacial score (nSPS) is 15.2. The zero-order valence-corrected chi connectivity index (χ0v) is 16.8. The molecule has 0 N–H and O–H groups in total. The first kappa shape index (κ1) is 20.0. The summed E-state index contributed by atoms with van der Waals surface area (Å²) in [6, 6.07) is 11.9. The minimum Gasteiger partial charge on any atom is -0.497 e. The van der Waals surface area contributed by atoms with Crippen LogP contribution in [0, 0.1) is 23.1 Å². The molecule has 1 fully saturated rings. The lowest BCUT2D eigenvalue weighted by Gasteiger charge is -2.32. The minimum atomic E-state index is -0.332. The van der Waals surface area contributed by atoms with Crippen LogP contribution in [-0.2, 0) is 13.1 Å². The smallest absolute Gasteiger partial charge is 0.261 e. The third kappa shape index (κ3) is 4.19. The van der Waals surface area contributed by atoms with Crippen molar-refractivity contribution in [2.75, 3.05) is 20.2 Å². The zero-order chi connectivity index (χ0) is 21.1. The average Bonchev–Trinajstić information content (AvgIpc) is 2.78. The highest BCUT2D eigenvalue weighted by molar-refractivity contribution is 5.78. The van der Waals surface area contributed by atoms with E-state index in [1.165, 1.54) is 6.07 Å². The third-order valence-electron chi connectivity index (χ3n) is 5.77. The first-order valence-corrected chi connectivity index (χ1v) is 10.0. The van der Waals surface area contributed by atoms with Gasteiger partial charge >= 0.3 is 0 Å². The average molecular weight is 406 g/mol. The van der Waals surface area contributed by atoms with Crippen LogP contribution in [0.2, 0.25) is 0 Å². The van der Waals surface area contributed by atoms with Gasteiger partial charge in [-0.15, -0.1) is 0 Å². The van der Waals surface area contributed by atoms with Crippen molar-refractivity contribution in [3.63, 3.8) is 0 Å². The van der Waals surface area contributed by atoms with E-state index < -0.39 is 0 Å². The van der Waals surface area contributed by atoms with Crippen molar-refractivity contribution in [3.8, 4) is 11.8 Å². The molecule has 0 radical (unpaired) electrons. The van der Waals surface area contributed by atoms with Gasteiger partial charge in [-0.2, -0.15) is 5.26 Å². The summed E-state index contributed by atoms with van der Waals surface area (Å²) >= 11 is 0. The van der Waals surface area contributed by atoms with E-state index in [-0.39, 0.29) is 11.4 Å². The summed E-state index contributed by atoms with van der Waals surface area (Å²) in [4.78, 5) is 19.4. The van der Waals surface area contributed by atoms with Crippen LogP contribution in [0.3, 0.4) is 0 Å². The number of piperidine rings is 1. The Hall–Kier alpha value is -3.24. The summed E-state index contributed by atoms with van der Waals surface area (Å²) in [6.07, 6.45) is 3.48. The molecule has 154 valence electrons. The highest BCUT2D eigenvalue weighted by Gasteiger charge is 2.21. The SMILES string of the molecule is COc1ccc2c(=O)n(CC3CCN(Cc4ccc(C#N)cc4F)CC3)cnc2c1. The van der Waals surface area contributed by atoms with Crippen molar-refractivity contribution in [3.05, 3.63) is 70.0 Å². The molecule has 1 aromatic heterocycles. The number of methoxy groups -OCH3 is 1. The number of hydrogen-bond donors (Lipinski definition) is 0. The highest BCUT2D eigenvalue weighted by atomic mass is 19.1. The molecule has 0 amide bonds. The van der Waals surface area contributed by atoms with Gasteiger partial charge in [0, 0.05) is 24.7 Å². The first-order chi connectivity index (χ1) is 14.6. The van der Waals surface area contributed by atoms with Crippen molar-refractivity contribution in [2.24, 2.45) is 5.92 Å². The number of halogens is 1. The Morgan fingerprint density at radius 1 is 1.23 bits per heavy atom. The molecule has 4 rings (SSSR count). The molecular weight excluding hydrogens is 383 g/mol. The Kier molecular flexibility index (Phi) is 5.77. The number of hydrogen-bond acceptors (Lipinski definition) is 5. The molecule has 1 aliphatic rings. The number of nitriles is 1. The second-order valence-electron chi connectivity index (χ2n) is 7.72. The predicted octanol–water partition coefficient (Wildman–Crippen LogP) is 3.33. The number of aromatic nitrogens is 2. The largest absolute Gasteiger partial charge is 0.497 e. The van der Waals surface area contributed by atoms with Gasteiger partial charge in [0.25, 0.3) is 5.56 Å². The molecular formula is C23H23FN4O2. The van der Waals surface area contributed by atoms with Crippen molar-refractivity contribution in [2.45, 2.75) is 25.9 Å². The summed E-state index contributed by atoms with van der Waals surface area (Å²) in [5.74, 6) is 0.724. The van der Waals surface area contributed by atoms with Crippen LogP contribution in [0.25, 0.3) is 10.9 Å². The summed E-state index contributed by atoms with van der Waals surface area (Å²) < 4.78 is 21.0. The first-order valence-electron chi connectivity index (χ1n) is 10.0. The van der Waals surface area contributed by atoms with E-state index >= 15 is 0 Å². The quantitative estimate of drug-likeness (QED) is 0.650. The number of benzene rings is 2. The van der Waals surface area contributed by atoms with Gasteiger partial charge in [-0.25, -0.2) is 9.37 Å². The molecule has 7 heteroatoms. The maximum Gasteiger partial charge on any atom is 0.261 e. The van der Waals surface area contributed by atoms with Crippen LogP contribution in [-0.4, -0.2) is 34.7 Å². The molecule has 0 aliphatic carbocycles. The monoisotopic (exact) mass is 406 g/mol. The zero-order valence-electron chi connectivity index (χ0n) is 16.8. The fraction of sp³-hybridized carbons (Fsp3) is 0.348. The summed E-state index contributed by atoms with van der Waals surface area (Å²) in [6.45, 7) is 2.85. The van der Waals surface area contributed by atoms with Crippen molar-refractivity contribution in [1.82, 2.24) is 14.5 Å². The van der Waals surface area contributed by atoms with Gasteiger partial charge < -0.3 is 4.74 Å². The van der Waals surface area contributed by atoms with Crippen LogP contribution >= 0.6 is 0 Å². The lowest BCUT2D eigenvalue weighted by atomic mass is 9.96. The summed E-state index contributed by atoms with van der Waals surface area (Å²) in [5, 5.41) is 9.45. The molecule has 0 unspecified atom stereocenters.